The summed E-state index contributed by atoms with van der Waals surface area (Å²) in [4.78, 5) is 0. The quantitative estimate of drug-likeness (QED) is 0.806. The van der Waals surface area contributed by atoms with Gasteiger partial charge in [-0.3, -0.25) is 5.01 Å². The van der Waals surface area contributed by atoms with E-state index in [1.54, 1.807) is 18.3 Å². The molecule has 1 N–H and O–H groups in total. The van der Waals surface area contributed by atoms with Crippen molar-refractivity contribution in [1.29, 1.82) is 5.26 Å². The molecule has 3 aliphatic heterocycles. The summed E-state index contributed by atoms with van der Waals surface area (Å²) in [5, 5.41) is 20.1. The molecule has 4 rings (SSSR count). The number of benzene rings is 1. The van der Waals surface area contributed by atoms with Crippen LogP contribution < -0.4 is 10.2 Å². The molecule has 0 amide bonds. The van der Waals surface area contributed by atoms with E-state index in [9.17, 15) is 5.26 Å². The Morgan fingerprint density at radius 2 is 2.10 bits per heavy atom. The molecular formula is C22H26N6O2. The molecule has 3 heterocycles. The Kier molecular flexibility index (Phi) is 5.86. The smallest absolute Gasteiger partial charge is 0.141 e. The molecule has 0 radical (unpaired) electrons. The van der Waals surface area contributed by atoms with Crippen LogP contribution in [0.15, 0.2) is 58.6 Å². The van der Waals surface area contributed by atoms with Crippen LogP contribution in [0.1, 0.15) is 31.0 Å². The third-order valence-corrected chi connectivity index (χ3v) is 5.41. The lowest BCUT2D eigenvalue weighted by atomic mass is 10.0. The summed E-state index contributed by atoms with van der Waals surface area (Å²) in [5.74, 6) is 0.584. The number of rotatable bonds is 5. The van der Waals surface area contributed by atoms with Gasteiger partial charge in [0, 0.05) is 36.6 Å². The van der Waals surface area contributed by atoms with E-state index in [1.165, 1.54) is 0 Å². The zero-order valence-electron chi connectivity index (χ0n) is 17.5. The molecule has 0 aromatic heterocycles. The molecule has 0 spiro atoms. The Hall–Kier alpha value is -3.12. The zero-order valence-corrected chi connectivity index (χ0v) is 17.5. The highest BCUT2D eigenvalue weighted by Crippen LogP contribution is 2.32. The summed E-state index contributed by atoms with van der Waals surface area (Å²) in [6.45, 7) is 7.22. The normalized spacial score (nSPS) is 20.0. The Labute approximate surface area is 176 Å². The van der Waals surface area contributed by atoms with Crippen LogP contribution in [0.2, 0.25) is 0 Å². The lowest BCUT2D eigenvalue weighted by Crippen LogP contribution is -2.46. The molecule has 3 aliphatic rings. The number of hydrogen-bond donors (Lipinski definition) is 1. The number of ether oxygens (including phenoxy) is 2. The minimum absolute atomic E-state index is 0.131. The molecule has 1 atom stereocenters. The number of nitriles is 1. The van der Waals surface area contributed by atoms with E-state index in [0.717, 1.165) is 48.7 Å². The van der Waals surface area contributed by atoms with Crippen molar-refractivity contribution >= 4 is 6.21 Å². The summed E-state index contributed by atoms with van der Waals surface area (Å²) >= 11 is 0. The molecular weight excluding hydrogens is 380 g/mol. The molecule has 0 aliphatic carbocycles. The first-order valence-corrected chi connectivity index (χ1v) is 10.0. The average molecular weight is 406 g/mol. The van der Waals surface area contributed by atoms with E-state index in [1.807, 2.05) is 25.3 Å². The van der Waals surface area contributed by atoms with Gasteiger partial charge in [-0.2, -0.15) is 15.5 Å². The predicted molar refractivity (Wildman–Crippen MR) is 114 cm³/mol. The second-order valence-corrected chi connectivity index (χ2v) is 7.32. The number of morpholine rings is 1. The fraction of sp³-hybridized carbons (Fsp3) is 0.364. The molecule has 30 heavy (non-hydrogen) atoms. The first kappa shape index (κ1) is 20.2. The number of nitrogens with zero attached hydrogens (tertiary/aromatic N) is 5. The van der Waals surface area contributed by atoms with Crippen molar-refractivity contribution in [1.82, 2.24) is 20.6 Å². The Morgan fingerprint density at radius 3 is 2.83 bits per heavy atom. The third-order valence-electron chi connectivity index (χ3n) is 5.41. The highest BCUT2D eigenvalue weighted by molar-refractivity contribution is 5.82. The van der Waals surface area contributed by atoms with Crippen LogP contribution in [0.5, 0.6) is 5.75 Å². The number of para-hydroxylation sites is 1. The zero-order chi connectivity index (χ0) is 21.1. The van der Waals surface area contributed by atoms with Gasteiger partial charge in [0.1, 0.15) is 17.5 Å². The van der Waals surface area contributed by atoms with Gasteiger partial charge in [-0.15, -0.1) is 0 Å². The second-order valence-electron chi connectivity index (χ2n) is 7.32. The van der Waals surface area contributed by atoms with Gasteiger partial charge < -0.3 is 9.47 Å². The van der Waals surface area contributed by atoms with Crippen LogP contribution in [0, 0.1) is 11.3 Å². The fourth-order valence-corrected chi connectivity index (χ4v) is 3.78. The van der Waals surface area contributed by atoms with Gasteiger partial charge in [0.15, 0.2) is 0 Å². The number of methoxy groups -OCH3 is 1. The molecule has 156 valence electrons. The summed E-state index contributed by atoms with van der Waals surface area (Å²) in [7, 11) is 1.59. The maximum Gasteiger partial charge on any atom is 0.141 e. The minimum atomic E-state index is -0.131. The molecule has 1 fully saturated rings. The van der Waals surface area contributed by atoms with E-state index in [2.05, 4.69) is 52.0 Å². The monoisotopic (exact) mass is 406 g/mol. The topological polar surface area (TPSA) is 76.4 Å². The average Bonchev–Trinajstić information content (AvgIpc) is 2.80. The molecule has 1 aromatic carbocycles. The van der Waals surface area contributed by atoms with Crippen LogP contribution in [0.25, 0.3) is 0 Å². The van der Waals surface area contributed by atoms with Crippen molar-refractivity contribution in [2.45, 2.75) is 19.9 Å². The molecule has 1 unspecified atom stereocenters. The van der Waals surface area contributed by atoms with Crippen LogP contribution >= 0.6 is 0 Å². The lowest BCUT2D eigenvalue weighted by molar-refractivity contribution is -0.0413. The maximum atomic E-state index is 9.39. The number of nitrogens with one attached hydrogen (secondary N) is 1. The van der Waals surface area contributed by atoms with Crippen molar-refractivity contribution in [3.05, 3.63) is 64.6 Å². The highest BCUT2D eigenvalue weighted by atomic mass is 16.5. The molecule has 0 bridgehead atoms. The number of hydrazone groups is 1. The molecule has 0 saturated carbocycles. The Balaban J connectivity index is 1.59. The third kappa shape index (κ3) is 3.83. The van der Waals surface area contributed by atoms with Gasteiger partial charge >= 0.3 is 0 Å². The predicted octanol–water partition coefficient (Wildman–Crippen LogP) is 2.67. The van der Waals surface area contributed by atoms with E-state index < -0.39 is 0 Å². The van der Waals surface area contributed by atoms with Gasteiger partial charge in [-0.05, 0) is 31.6 Å². The van der Waals surface area contributed by atoms with E-state index in [4.69, 9.17) is 9.47 Å². The Morgan fingerprint density at radius 1 is 1.30 bits per heavy atom. The summed E-state index contributed by atoms with van der Waals surface area (Å²) in [6, 6.07) is 7.65. The van der Waals surface area contributed by atoms with Crippen molar-refractivity contribution in [2.24, 2.45) is 5.10 Å². The number of fused-ring (bicyclic) bond motifs is 1. The van der Waals surface area contributed by atoms with Crippen LogP contribution in [0.3, 0.4) is 0 Å². The molecule has 1 saturated heterocycles. The van der Waals surface area contributed by atoms with Gasteiger partial charge in [0.05, 0.1) is 38.1 Å². The largest absolute Gasteiger partial charge is 0.495 e. The van der Waals surface area contributed by atoms with Crippen molar-refractivity contribution < 1.29 is 9.47 Å². The lowest BCUT2D eigenvalue weighted by Gasteiger charge is -2.39. The fourth-order valence-electron chi connectivity index (χ4n) is 3.78. The van der Waals surface area contributed by atoms with Gasteiger partial charge in [-0.1, -0.05) is 12.1 Å². The molecule has 1 aromatic rings. The van der Waals surface area contributed by atoms with E-state index >= 15 is 0 Å². The number of allylic oxidation sites excluding steroid dienone is 2. The van der Waals surface area contributed by atoms with Crippen molar-refractivity contribution in [3.8, 4) is 11.8 Å². The Bertz CT molecular complexity index is 968. The highest BCUT2D eigenvalue weighted by Gasteiger charge is 2.26. The number of hydrogen-bond acceptors (Lipinski definition) is 8. The van der Waals surface area contributed by atoms with E-state index in [-0.39, 0.29) is 6.04 Å². The number of hydrazine groups is 2. The first-order valence-electron chi connectivity index (χ1n) is 10.0. The SMILES string of the molecule is COc1c(C#N)cccc1C(C)NN1N=CC(C)=C2C=CN(N3CCOCC3)C=C21. The maximum absolute atomic E-state index is 9.39. The van der Waals surface area contributed by atoms with Crippen molar-refractivity contribution in [3.63, 3.8) is 0 Å². The second kappa shape index (κ2) is 8.71. The van der Waals surface area contributed by atoms with Crippen LogP contribution in [0.4, 0.5) is 0 Å². The van der Waals surface area contributed by atoms with Gasteiger partial charge in [-0.25, -0.2) is 10.4 Å². The summed E-state index contributed by atoms with van der Waals surface area (Å²) in [5.41, 5.74) is 8.05. The first-order chi connectivity index (χ1) is 14.6. The molecule has 8 heteroatoms. The minimum Gasteiger partial charge on any atom is -0.495 e. The van der Waals surface area contributed by atoms with Gasteiger partial charge in [0.25, 0.3) is 0 Å². The standard InChI is InChI=1S/C22H26N6O2/c1-16-14-24-28(25-17(2)20-6-4-5-18(13-23)22(20)29-3)21-15-27(8-7-19(16)21)26-9-11-30-12-10-26/h4-8,14-15,17,25H,9-12H2,1-3H3. The summed E-state index contributed by atoms with van der Waals surface area (Å²) < 4.78 is 11.0. The van der Waals surface area contributed by atoms with Crippen molar-refractivity contribution in [2.75, 3.05) is 33.4 Å². The molecule has 8 nitrogen and oxygen atoms in total. The van der Waals surface area contributed by atoms with Crippen LogP contribution in [-0.2, 0) is 4.74 Å². The van der Waals surface area contributed by atoms with Crippen LogP contribution in [-0.4, -0.2) is 54.8 Å². The van der Waals surface area contributed by atoms with Gasteiger partial charge in [0.2, 0.25) is 0 Å². The summed E-state index contributed by atoms with van der Waals surface area (Å²) in [6.07, 6.45) is 8.13. The van der Waals surface area contributed by atoms with E-state index in [0.29, 0.717) is 11.3 Å².